The molecule has 1 N–H and O–H groups in total. The molecule has 0 fully saturated rings. The fourth-order valence-electron chi connectivity index (χ4n) is 3.98. The maximum absolute atomic E-state index is 13.8. The first-order chi connectivity index (χ1) is 18.5. The van der Waals surface area contributed by atoms with Gasteiger partial charge in [-0.05, 0) is 69.2 Å². The van der Waals surface area contributed by atoms with Crippen LogP contribution in [0.2, 0.25) is 0 Å². The highest BCUT2D eigenvalue weighted by atomic mass is 32.2. The van der Waals surface area contributed by atoms with Gasteiger partial charge in [0.25, 0.3) is 10.0 Å². The highest BCUT2D eigenvalue weighted by Gasteiger charge is 2.32. The molecule has 1 atom stereocenters. The molecule has 39 heavy (non-hydrogen) atoms. The van der Waals surface area contributed by atoms with Crippen LogP contribution >= 0.6 is 0 Å². The van der Waals surface area contributed by atoms with Crippen molar-refractivity contribution in [2.45, 2.75) is 58.0 Å². The van der Waals surface area contributed by atoms with E-state index in [0.717, 1.165) is 46.0 Å². The molecule has 9 heteroatoms. The van der Waals surface area contributed by atoms with Gasteiger partial charge < -0.3 is 10.2 Å². The monoisotopic (exact) mass is 553 g/mol. The van der Waals surface area contributed by atoms with Gasteiger partial charge in [0, 0.05) is 13.1 Å². The summed E-state index contributed by atoms with van der Waals surface area (Å²) in [6, 6.07) is 17.9. The van der Waals surface area contributed by atoms with E-state index in [1.165, 1.54) is 29.2 Å². The number of aryl methyl sites for hydroxylation is 2. The van der Waals surface area contributed by atoms with Crippen LogP contribution in [0.15, 0.2) is 77.7 Å². The predicted octanol–water partition coefficient (Wildman–Crippen LogP) is 4.97. The molecule has 0 bridgehead atoms. The minimum atomic E-state index is -4.19. The van der Waals surface area contributed by atoms with Gasteiger partial charge in [-0.1, -0.05) is 60.9 Å². The number of anilines is 1. The van der Waals surface area contributed by atoms with E-state index in [0.29, 0.717) is 6.54 Å². The maximum atomic E-state index is 13.8. The summed E-state index contributed by atoms with van der Waals surface area (Å²) >= 11 is 0. The number of nitrogens with zero attached hydrogens (tertiary/aromatic N) is 2. The number of hydrogen-bond donors (Lipinski definition) is 1. The van der Waals surface area contributed by atoms with Crippen molar-refractivity contribution in [3.05, 3.63) is 95.3 Å². The molecule has 0 aliphatic heterocycles. The quantitative estimate of drug-likeness (QED) is 0.321. The molecule has 0 aromatic heterocycles. The van der Waals surface area contributed by atoms with Crippen molar-refractivity contribution in [3.63, 3.8) is 0 Å². The average Bonchev–Trinajstić information content (AvgIpc) is 2.91. The van der Waals surface area contributed by atoms with Crippen molar-refractivity contribution in [2.75, 3.05) is 17.4 Å². The second-order valence-corrected chi connectivity index (χ2v) is 11.5. The molecular weight excluding hydrogens is 517 g/mol. The van der Waals surface area contributed by atoms with Crippen LogP contribution in [0.1, 0.15) is 43.4 Å². The lowest BCUT2D eigenvalue weighted by atomic mass is 10.1. The summed E-state index contributed by atoms with van der Waals surface area (Å²) in [5.41, 5.74) is 2.87. The SMILES string of the molecule is CCCCNC(=O)C(C)N(Cc1ccc(C)cc1)C(=O)CN(c1ccc(F)cc1)S(=O)(=O)c1ccc(C)cc1. The van der Waals surface area contributed by atoms with E-state index in [-0.39, 0.29) is 23.0 Å². The Balaban J connectivity index is 1.98. The topological polar surface area (TPSA) is 86.8 Å². The standard InChI is InChI=1S/C30H36FN3O4S/c1-5-6-19-32-30(36)24(4)33(20-25-11-7-22(2)8-12-25)29(35)21-34(27-15-13-26(31)14-16-27)39(37,38)28-17-9-23(3)10-18-28/h7-18,24H,5-6,19-21H2,1-4H3,(H,32,36). The second-order valence-electron chi connectivity index (χ2n) is 9.63. The van der Waals surface area contributed by atoms with Gasteiger partial charge in [0.2, 0.25) is 11.8 Å². The van der Waals surface area contributed by atoms with Crippen molar-refractivity contribution in [2.24, 2.45) is 0 Å². The van der Waals surface area contributed by atoms with Crippen LogP contribution in [0, 0.1) is 19.7 Å². The number of benzene rings is 3. The number of sulfonamides is 1. The van der Waals surface area contributed by atoms with Gasteiger partial charge in [0.1, 0.15) is 18.4 Å². The van der Waals surface area contributed by atoms with E-state index >= 15 is 0 Å². The Morgan fingerprint density at radius 2 is 1.46 bits per heavy atom. The van der Waals surface area contributed by atoms with E-state index in [1.54, 1.807) is 19.1 Å². The fourth-order valence-corrected chi connectivity index (χ4v) is 5.40. The summed E-state index contributed by atoms with van der Waals surface area (Å²) in [7, 11) is -4.19. The zero-order chi connectivity index (χ0) is 28.6. The molecule has 3 aromatic carbocycles. The van der Waals surface area contributed by atoms with Crippen molar-refractivity contribution >= 4 is 27.5 Å². The van der Waals surface area contributed by atoms with Gasteiger partial charge in [-0.15, -0.1) is 0 Å². The van der Waals surface area contributed by atoms with Gasteiger partial charge in [-0.3, -0.25) is 13.9 Å². The van der Waals surface area contributed by atoms with Gasteiger partial charge in [0.15, 0.2) is 0 Å². The summed E-state index contributed by atoms with van der Waals surface area (Å²) in [5, 5.41) is 2.86. The first kappa shape index (κ1) is 29.8. The smallest absolute Gasteiger partial charge is 0.264 e. The molecule has 1 unspecified atom stereocenters. The molecule has 0 aliphatic rings. The van der Waals surface area contributed by atoms with E-state index in [2.05, 4.69) is 5.32 Å². The molecule has 0 spiro atoms. The number of carbonyl (C=O) groups excluding carboxylic acids is 2. The van der Waals surface area contributed by atoms with Gasteiger partial charge >= 0.3 is 0 Å². The Kier molecular flexibility index (Phi) is 10.2. The lowest BCUT2D eigenvalue weighted by molar-refractivity contribution is -0.139. The zero-order valence-corrected chi connectivity index (χ0v) is 23.7. The molecule has 0 radical (unpaired) electrons. The largest absolute Gasteiger partial charge is 0.354 e. The fraction of sp³-hybridized carbons (Fsp3) is 0.333. The summed E-state index contributed by atoms with van der Waals surface area (Å²) in [5.74, 6) is -1.41. The van der Waals surface area contributed by atoms with Gasteiger partial charge in [0.05, 0.1) is 10.6 Å². The van der Waals surface area contributed by atoms with Crippen molar-refractivity contribution in [1.82, 2.24) is 10.2 Å². The van der Waals surface area contributed by atoms with Gasteiger partial charge in [-0.25, -0.2) is 12.8 Å². The third-order valence-corrected chi connectivity index (χ3v) is 8.26. The summed E-state index contributed by atoms with van der Waals surface area (Å²) < 4.78 is 42.2. The average molecular weight is 554 g/mol. The minimum absolute atomic E-state index is 0.000617. The zero-order valence-electron chi connectivity index (χ0n) is 22.9. The Hall–Kier alpha value is -3.72. The van der Waals surface area contributed by atoms with Crippen molar-refractivity contribution < 1.29 is 22.4 Å². The van der Waals surface area contributed by atoms with E-state index in [1.807, 2.05) is 45.0 Å². The molecule has 3 rings (SSSR count). The van der Waals surface area contributed by atoms with Crippen LogP contribution in [0.4, 0.5) is 10.1 Å². The third kappa shape index (κ3) is 7.89. The number of unbranched alkanes of at least 4 members (excludes halogenated alkanes) is 1. The van der Waals surface area contributed by atoms with E-state index in [9.17, 15) is 22.4 Å². The first-order valence-electron chi connectivity index (χ1n) is 13.0. The Labute approximate surface area is 230 Å². The highest BCUT2D eigenvalue weighted by molar-refractivity contribution is 7.92. The number of rotatable bonds is 12. The number of amides is 2. The van der Waals surface area contributed by atoms with Crippen LogP contribution in [-0.2, 0) is 26.2 Å². The summed E-state index contributed by atoms with van der Waals surface area (Å²) in [6.45, 7) is 7.46. The summed E-state index contributed by atoms with van der Waals surface area (Å²) in [6.07, 6.45) is 1.71. The van der Waals surface area contributed by atoms with Crippen LogP contribution in [0.25, 0.3) is 0 Å². The third-order valence-electron chi connectivity index (χ3n) is 6.47. The number of nitrogens with one attached hydrogen (secondary N) is 1. The highest BCUT2D eigenvalue weighted by Crippen LogP contribution is 2.25. The number of carbonyl (C=O) groups is 2. The van der Waals surface area contributed by atoms with Crippen molar-refractivity contribution in [1.29, 1.82) is 0 Å². The van der Waals surface area contributed by atoms with Crippen molar-refractivity contribution in [3.8, 4) is 0 Å². The Morgan fingerprint density at radius 3 is 2.03 bits per heavy atom. The number of halogens is 1. The molecule has 0 saturated heterocycles. The molecule has 3 aromatic rings. The molecule has 0 aliphatic carbocycles. The minimum Gasteiger partial charge on any atom is -0.354 e. The lowest BCUT2D eigenvalue weighted by Gasteiger charge is -2.32. The first-order valence-corrected chi connectivity index (χ1v) is 14.4. The lowest BCUT2D eigenvalue weighted by Crippen LogP contribution is -2.51. The molecule has 0 saturated carbocycles. The Morgan fingerprint density at radius 1 is 0.897 bits per heavy atom. The van der Waals surface area contributed by atoms with Gasteiger partial charge in [-0.2, -0.15) is 0 Å². The molecular formula is C30H36FN3O4S. The van der Waals surface area contributed by atoms with E-state index in [4.69, 9.17) is 0 Å². The molecule has 0 heterocycles. The number of hydrogen-bond acceptors (Lipinski definition) is 4. The molecule has 208 valence electrons. The maximum Gasteiger partial charge on any atom is 0.264 e. The van der Waals surface area contributed by atoms with Crippen LogP contribution in [0.3, 0.4) is 0 Å². The molecule has 7 nitrogen and oxygen atoms in total. The second kappa shape index (κ2) is 13.4. The van der Waals surface area contributed by atoms with Crippen LogP contribution < -0.4 is 9.62 Å². The normalized spacial score (nSPS) is 12.0. The summed E-state index contributed by atoms with van der Waals surface area (Å²) in [4.78, 5) is 28.2. The van der Waals surface area contributed by atoms with Crippen LogP contribution in [0.5, 0.6) is 0 Å². The Bertz CT molecular complexity index is 1360. The van der Waals surface area contributed by atoms with Crippen LogP contribution in [-0.4, -0.2) is 44.3 Å². The molecule has 2 amide bonds. The predicted molar refractivity (Wildman–Crippen MR) is 151 cm³/mol. The van der Waals surface area contributed by atoms with E-state index < -0.39 is 34.3 Å².